The van der Waals surface area contributed by atoms with Crippen LogP contribution in [0.5, 0.6) is 0 Å². The van der Waals surface area contributed by atoms with Crippen LogP contribution in [0.15, 0.2) is 58.4 Å². The number of anilines is 1. The van der Waals surface area contributed by atoms with E-state index >= 15 is 0 Å². The van der Waals surface area contributed by atoms with Crippen molar-refractivity contribution >= 4 is 51.9 Å². The summed E-state index contributed by atoms with van der Waals surface area (Å²) in [5.74, 6) is -0.0412. The van der Waals surface area contributed by atoms with E-state index in [-0.39, 0.29) is 5.91 Å². The van der Waals surface area contributed by atoms with Crippen molar-refractivity contribution in [1.82, 2.24) is 4.90 Å². The summed E-state index contributed by atoms with van der Waals surface area (Å²) in [5.41, 5.74) is 2.96. The molecule has 1 saturated heterocycles. The average molecular weight is 400 g/mol. The van der Waals surface area contributed by atoms with Crippen molar-refractivity contribution in [3.05, 3.63) is 64.0 Å². The van der Waals surface area contributed by atoms with Crippen molar-refractivity contribution in [2.75, 3.05) is 25.0 Å². The van der Waals surface area contributed by atoms with Gasteiger partial charge >= 0.3 is 0 Å². The molecule has 1 amide bonds. The summed E-state index contributed by atoms with van der Waals surface area (Å²) in [6.45, 7) is 6.23. The van der Waals surface area contributed by atoms with Gasteiger partial charge in [0.1, 0.15) is 0 Å². The van der Waals surface area contributed by atoms with Gasteiger partial charge < -0.3 is 4.90 Å². The van der Waals surface area contributed by atoms with Crippen LogP contribution in [0, 0.1) is 0 Å². The van der Waals surface area contributed by atoms with E-state index in [9.17, 15) is 4.79 Å². The number of hydrogen-bond donors (Lipinski definition) is 0. The van der Waals surface area contributed by atoms with Gasteiger partial charge in [0.2, 0.25) is 0 Å². The van der Waals surface area contributed by atoms with E-state index in [0.29, 0.717) is 15.1 Å². The summed E-state index contributed by atoms with van der Waals surface area (Å²) in [4.78, 5) is 21.7. The minimum absolute atomic E-state index is 0.0412. The van der Waals surface area contributed by atoms with Gasteiger partial charge in [0.05, 0.1) is 10.6 Å². The van der Waals surface area contributed by atoms with Gasteiger partial charge in [-0.05, 0) is 73.6 Å². The zero-order valence-electron chi connectivity index (χ0n) is 15.6. The molecule has 0 bridgehead atoms. The lowest BCUT2D eigenvalue weighted by molar-refractivity contribution is -0.121. The number of hydrogen-bond acceptors (Lipinski definition) is 4. The van der Waals surface area contributed by atoms with Crippen LogP contribution in [0.25, 0.3) is 6.08 Å². The quantitative estimate of drug-likeness (QED) is 0.630. The molecule has 140 valence electrons. The normalized spacial score (nSPS) is 17.2. The number of benzene rings is 2. The molecule has 1 heterocycles. The predicted molar refractivity (Wildman–Crippen MR) is 117 cm³/mol. The van der Waals surface area contributed by atoms with Gasteiger partial charge in [-0.25, -0.2) is 4.99 Å². The van der Waals surface area contributed by atoms with Crippen LogP contribution in [0.2, 0.25) is 5.02 Å². The first-order valence-corrected chi connectivity index (χ1v) is 10.1. The van der Waals surface area contributed by atoms with E-state index in [0.717, 1.165) is 24.3 Å². The Bertz CT molecular complexity index is 871. The van der Waals surface area contributed by atoms with E-state index in [2.05, 4.69) is 35.9 Å². The molecule has 0 atom stereocenters. The molecule has 0 unspecified atom stereocenters. The highest BCUT2D eigenvalue weighted by Gasteiger charge is 2.30. The zero-order valence-corrected chi connectivity index (χ0v) is 17.2. The summed E-state index contributed by atoms with van der Waals surface area (Å²) < 4.78 is 0. The highest BCUT2D eigenvalue weighted by atomic mass is 35.5. The Balaban J connectivity index is 1.80. The van der Waals surface area contributed by atoms with Gasteiger partial charge in [0.15, 0.2) is 5.17 Å². The molecular formula is C21H22ClN3OS. The minimum atomic E-state index is -0.0412. The molecule has 3 rings (SSSR count). The highest BCUT2D eigenvalue weighted by Crippen LogP contribution is 2.33. The van der Waals surface area contributed by atoms with Gasteiger partial charge in [-0.3, -0.25) is 9.69 Å². The van der Waals surface area contributed by atoms with Crippen LogP contribution >= 0.6 is 23.4 Å². The molecule has 0 aromatic heterocycles. The number of likely N-dealkylation sites (N-methyl/N-ethyl adjacent to an activating group) is 1. The maximum atomic E-state index is 12.6. The van der Waals surface area contributed by atoms with Crippen LogP contribution in [0.3, 0.4) is 0 Å². The number of amidine groups is 1. The molecule has 2 aromatic carbocycles. The monoisotopic (exact) mass is 399 g/mol. The Morgan fingerprint density at radius 2 is 1.70 bits per heavy atom. The second kappa shape index (κ2) is 8.63. The second-order valence-electron chi connectivity index (χ2n) is 6.11. The standard InChI is InChI=1S/C21H22ClN3OS/c1-4-25(5-2)18-12-6-15(7-13-18)14-19-20(26)24(3)21(27-19)23-17-10-8-16(22)9-11-17/h6-14H,4-5H2,1-3H3/b19-14+,23-21?. The van der Waals surface area contributed by atoms with Crippen molar-refractivity contribution in [2.24, 2.45) is 4.99 Å². The third-order valence-corrected chi connectivity index (χ3v) is 5.69. The average Bonchev–Trinajstić information content (AvgIpc) is 2.94. The molecule has 0 saturated carbocycles. The van der Waals surface area contributed by atoms with Crippen molar-refractivity contribution in [2.45, 2.75) is 13.8 Å². The Hall–Kier alpha value is -2.24. The van der Waals surface area contributed by atoms with Crippen LogP contribution in [0.1, 0.15) is 19.4 Å². The van der Waals surface area contributed by atoms with E-state index < -0.39 is 0 Å². The van der Waals surface area contributed by atoms with E-state index in [4.69, 9.17) is 11.6 Å². The molecule has 0 aliphatic carbocycles. The molecule has 1 fully saturated rings. The summed E-state index contributed by atoms with van der Waals surface area (Å²) in [7, 11) is 1.74. The van der Waals surface area contributed by atoms with Gasteiger partial charge in [-0.15, -0.1) is 0 Å². The first-order chi connectivity index (χ1) is 13.0. The van der Waals surface area contributed by atoms with Gasteiger partial charge in [0, 0.05) is 30.8 Å². The second-order valence-corrected chi connectivity index (χ2v) is 7.55. The zero-order chi connectivity index (χ0) is 19.4. The number of carbonyl (C=O) groups excluding carboxylic acids is 1. The number of aliphatic imine (C=N–C) groups is 1. The summed E-state index contributed by atoms with van der Waals surface area (Å²) >= 11 is 7.30. The number of nitrogens with zero attached hydrogens (tertiary/aromatic N) is 3. The van der Waals surface area contributed by atoms with Crippen molar-refractivity contribution in [3.63, 3.8) is 0 Å². The predicted octanol–water partition coefficient (Wildman–Crippen LogP) is 5.42. The molecule has 1 aliphatic heterocycles. The van der Waals surface area contributed by atoms with E-state index in [1.54, 1.807) is 24.1 Å². The number of carbonyl (C=O) groups is 1. The molecule has 6 heteroatoms. The molecule has 27 heavy (non-hydrogen) atoms. The van der Waals surface area contributed by atoms with Crippen LogP contribution < -0.4 is 4.90 Å². The topological polar surface area (TPSA) is 35.9 Å². The first kappa shape index (κ1) is 19.5. The lowest BCUT2D eigenvalue weighted by atomic mass is 10.1. The lowest BCUT2D eigenvalue weighted by Gasteiger charge is -2.20. The fourth-order valence-corrected chi connectivity index (χ4v) is 3.91. The Kier molecular flexibility index (Phi) is 6.24. The van der Waals surface area contributed by atoms with Crippen LogP contribution in [-0.2, 0) is 4.79 Å². The number of rotatable bonds is 5. The maximum absolute atomic E-state index is 12.6. The van der Waals surface area contributed by atoms with E-state index in [1.807, 2.05) is 30.3 Å². The highest BCUT2D eigenvalue weighted by molar-refractivity contribution is 8.18. The summed E-state index contributed by atoms with van der Waals surface area (Å²) in [6.07, 6.45) is 1.92. The summed E-state index contributed by atoms with van der Waals surface area (Å²) in [6, 6.07) is 15.5. The Labute approximate surface area is 169 Å². The van der Waals surface area contributed by atoms with Crippen LogP contribution in [0.4, 0.5) is 11.4 Å². The fraction of sp³-hybridized carbons (Fsp3) is 0.238. The third kappa shape index (κ3) is 4.54. The van der Waals surface area contributed by atoms with E-state index in [1.165, 1.54) is 17.4 Å². The first-order valence-electron chi connectivity index (χ1n) is 8.88. The molecule has 4 nitrogen and oxygen atoms in total. The van der Waals surface area contributed by atoms with Crippen molar-refractivity contribution < 1.29 is 4.79 Å². The maximum Gasteiger partial charge on any atom is 0.266 e. The van der Waals surface area contributed by atoms with Gasteiger partial charge in [-0.2, -0.15) is 0 Å². The fourth-order valence-electron chi connectivity index (χ4n) is 2.80. The molecule has 2 aromatic rings. The lowest BCUT2D eigenvalue weighted by Crippen LogP contribution is -2.23. The molecule has 0 spiro atoms. The number of amides is 1. The van der Waals surface area contributed by atoms with Crippen molar-refractivity contribution in [3.8, 4) is 0 Å². The Morgan fingerprint density at radius 1 is 1.07 bits per heavy atom. The minimum Gasteiger partial charge on any atom is -0.372 e. The van der Waals surface area contributed by atoms with Crippen LogP contribution in [-0.4, -0.2) is 36.1 Å². The smallest absolute Gasteiger partial charge is 0.266 e. The van der Waals surface area contributed by atoms with Gasteiger partial charge in [0.25, 0.3) is 5.91 Å². The Morgan fingerprint density at radius 3 is 2.30 bits per heavy atom. The molecule has 0 radical (unpaired) electrons. The molecule has 0 N–H and O–H groups in total. The molecule has 1 aliphatic rings. The third-order valence-electron chi connectivity index (χ3n) is 4.37. The van der Waals surface area contributed by atoms with Crippen molar-refractivity contribution in [1.29, 1.82) is 0 Å². The largest absolute Gasteiger partial charge is 0.372 e. The summed E-state index contributed by atoms with van der Waals surface area (Å²) in [5, 5.41) is 1.32. The van der Waals surface area contributed by atoms with Gasteiger partial charge in [-0.1, -0.05) is 23.7 Å². The number of halogens is 1. The molecular weight excluding hydrogens is 378 g/mol. The number of thioether (sulfide) groups is 1. The SMILES string of the molecule is CCN(CC)c1ccc(/C=C2/SC(=Nc3ccc(Cl)cc3)N(C)C2=O)cc1.